The summed E-state index contributed by atoms with van der Waals surface area (Å²) >= 11 is 0. The van der Waals surface area contributed by atoms with Crippen LogP contribution in [0.4, 0.5) is 10.5 Å². The molecule has 2 aromatic rings. The van der Waals surface area contributed by atoms with Crippen LogP contribution in [0.2, 0.25) is 0 Å². The van der Waals surface area contributed by atoms with Crippen molar-refractivity contribution in [1.82, 2.24) is 10.2 Å². The number of carbonyl (C=O) groups is 1. The van der Waals surface area contributed by atoms with Crippen molar-refractivity contribution in [1.29, 1.82) is 0 Å². The van der Waals surface area contributed by atoms with E-state index < -0.39 is 0 Å². The SMILES string of the molecule is COCc1cccc(NC(=O)NCC(c2ccco2)N2CCCCC2)c1. The zero-order valence-electron chi connectivity index (χ0n) is 15.2. The minimum atomic E-state index is -0.215. The van der Waals surface area contributed by atoms with Gasteiger partial charge >= 0.3 is 6.03 Å². The molecule has 0 bridgehead atoms. The maximum absolute atomic E-state index is 12.3. The summed E-state index contributed by atoms with van der Waals surface area (Å²) in [4.78, 5) is 14.7. The zero-order valence-corrected chi connectivity index (χ0v) is 15.2. The Morgan fingerprint density at radius 3 is 2.81 bits per heavy atom. The number of anilines is 1. The molecule has 0 radical (unpaired) electrons. The predicted molar refractivity (Wildman–Crippen MR) is 101 cm³/mol. The molecule has 1 aromatic heterocycles. The van der Waals surface area contributed by atoms with Gasteiger partial charge in [-0.1, -0.05) is 18.6 Å². The first-order valence-corrected chi connectivity index (χ1v) is 9.16. The Morgan fingerprint density at radius 2 is 2.08 bits per heavy atom. The van der Waals surface area contributed by atoms with E-state index in [9.17, 15) is 4.79 Å². The molecule has 1 saturated heterocycles. The molecule has 2 N–H and O–H groups in total. The van der Waals surface area contributed by atoms with Crippen LogP contribution in [0.1, 0.15) is 36.6 Å². The van der Waals surface area contributed by atoms with Gasteiger partial charge in [0.1, 0.15) is 5.76 Å². The summed E-state index contributed by atoms with van der Waals surface area (Å²) in [7, 11) is 1.65. The van der Waals surface area contributed by atoms with E-state index in [2.05, 4.69) is 15.5 Å². The van der Waals surface area contributed by atoms with Gasteiger partial charge in [-0.15, -0.1) is 0 Å². The van der Waals surface area contributed by atoms with Crippen molar-refractivity contribution in [3.63, 3.8) is 0 Å². The number of likely N-dealkylation sites (tertiary alicyclic amines) is 1. The van der Waals surface area contributed by atoms with Crippen molar-refractivity contribution >= 4 is 11.7 Å². The highest BCUT2D eigenvalue weighted by atomic mass is 16.5. The Balaban J connectivity index is 1.58. The Kier molecular flexibility index (Phi) is 6.68. The van der Waals surface area contributed by atoms with Crippen LogP contribution in [-0.2, 0) is 11.3 Å². The lowest BCUT2D eigenvalue weighted by molar-refractivity contribution is 0.144. The fourth-order valence-electron chi connectivity index (χ4n) is 3.39. The van der Waals surface area contributed by atoms with Crippen LogP contribution in [0.25, 0.3) is 0 Å². The number of methoxy groups -OCH3 is 1. The molecule has 1 fully saturated rings. The number of rotatable bonds is 7. The number of amides is 2. The number of furan rings is 1. The normalized spacial score (nSPS) is 16.2. The van der Waals surface area contributed by atoms with Gasteiger partial charge in [0.05, 0.1) is 18.9 Å². The van der Waals surface area contributed by atoms with Crippen LogP contribution in [0.3, 0.4) is 0 Å². The fourth-order valence-corrected chi connectivity index (χ4v) is 3.39. The van der Waals surface area contributed by atoms with Gasteiger partial charge in [0.15, 0.2) is 0 Å². The molecule has 2 amide bonds. The van der Waals surface area contributed by atoms with E-state index in [1.807, 2.05) is 36.4 Å². The Labute approximate surface area is 154 Å². The molecule has 1 aliphatic rings. The van der Waals surface area contributed by atoms with Crippen molar-refractivity contribution < 1.29 is 13.9 Å². The highest BCUT2D eigenvalue weighted by Crippen LogP contribution is 2.24. The third-order valence-electron chi connectivity index (χ3n) is 4.65. The van der Waals surface area contributed by atoms with Gasteiger partial charge in [-0.05, 0) is 55.8 Å². The van der Waals surface area contributed by atoms with E-state index in [4.69, 9.17) is 9.15 Å². The minimum absolute atomic E-state index is 0.0656. The number of benzene rings is 1. The molecule has 0 saturated carbocycles. The number of piperidine rings is 1. The van der Waals surface area contributed by atoms with Gasteiger partial charge < -0.3 is 19.8 Å². The molecular weight excluding hydrogens is 330 g/mol. The van der Waals surface area contributed by atoms with E-state index in [1.165, 1.54) is 19.3 Å². The molecule has 6 nitrogen and oxygen atoms in total. The number of urea groups is 1. The number of hydrogen-bond acceptors (Lipinski definition) is 4. The second-order valence-corrected chi connectivity index (χ2v) is 6.60. The Morgan fingerprint density at radius 1 is 1.23 bits per heavy atom. The van der Waals surface area contributed by atoms with E-state index >= 15 is 0 Å². The zero-order chi connectivity index (χ0) is 18.2. The molecule has 0 spiro atoms. The molecule has 2 heterocycles. The molecule has 6 heteroatoms. The third-order valence-corrected chi connectivity index (χ3v) is 4.65. The summed E-state index contributed by atoms with van der Waals surface area (Å²) in [5.41, 5.74) is 1.77. The van der Waals surface area contributed by atoms with Crippen LogP contribution in [0.5, 0.6) is 0 Å². The molecule has 1 unspecified atom stereocenters. The number of hydrogen-bond donors (Lipinski definition) is 2. The van der Waals surface area contributed by atoms with Gasteiger partial charge in [-0.25, -0.2) is 4.79 Å². The molecule has 1 atom stereocenters. The van der Waals surface area contributed by atoms with Gasteiger partial charge in [-0.3, -0.25) is 4.90 Å². The van der Waals surface area contributed by atoms with E-state index in [0.29, 0.717) is 13.2 Å². The molecule has 0 aliphatic carbocycles. The highest BCUT2D eigenvalue weighted by Gasteiger charge is 2.24. The van der Waals surface area contributed by atoms with Crippen molar-refractivity contribution in [2.45, 2.75) is 31.9 Å². The van der Waals surface area contributed by atoms with Crippen molar-refractivity contribution in [2.75, 3.05) is 32.1 Å². The molecule has 140 valence electrons. The smallest absolute Gasteiger partial charge is 0.319 e. The molecular formula is C20H27N3O3. The number of nitrogens with zero attached hydrogens (tertiary/aromatic N) is 1. The second kappa shape index (κ2) is 9.40. The number of carbonyl (C=O) groups excluding carboxylic acids is 1. The Bertz CT molecular complexity index is 681. The summed E-state index contributed by atoms with van der Waals surface area (Å²) in [5, 5.41) is 5.87. The van der Waals surface area contributed by atoms with Gasteiger partial charge in [0.25, 0.3) is 0 Å². The fraction of sp³-hybridized carbons (Fsp3) is 0.450. The van der Waals surface area contributed by atoms with Gasteiger partial charge in [0, 0.05) is 19.3 Å². The molecule has 26 heavy (non-hydrogen) atoms. The van der Waals surface area contributed by atoms with Crippen LogP contribution >= 0.6 is 0 Å². The first-order valence-electron chi connectivity index (χ1n) is 9.16. The average molecular weight is 357 g/mol. The lowest BCUT2D eigenvalue weighted by atomic mass is 10.1. The minimum Gasteiger partial charge on any atom is -0.468 e. The second-order valence-electron chi connectivity index (χ2n) is 6.60. The van der Waals surface area contributed by atoms with Gasteiger partial charge in [0.2, 0.25) is 0 Å². The van der Waals surface area contributed by atoms with Crippen LogP contribution in [0.15, 0.2) is 47.1 Å². The highest BCUT2D eigenvalue weighted by molar-refractivity contribution is 5.89. The van der Waals surface area contributed by atoms with Crippen LogP contribution in [0, 0.1) is 0 Å². The van der Waals surface area contributed by atoms with E-state index in [0.717, 1.165) is 30.1 Å². The predicted octanol–water partition coefficient (Wildman–Crippen LogP) is 3.77. The Hall–Kier alpha value is -2.31. The summed E-state index contributed by atoms with van der Waals surface area (Å²) < 4.78 is 10.7. The lowest BCUT2D eigenvalue weighted by Gasteiger charge is -2.33. The first kappa shape index (κ1) is 18.5. The maximum atomic E-state index is 12.3. The maximum Gasteiger partial charge on any atom is 0.319 e. The number of nitrogens with one attached hydrogen (secondary N) is 2. The first-order chi connectivity index (χ1) is 12.8. The topological polar surface area (TPSA) is 66.7 Å². The molecule has 3 rings (SSSR count). The standard InChI is InChI=1S/C20H27N3O3/c1-25-15-16-7-5-8-17(13-16)22-20(24)21-14-18(19-9-6-12-26-19)23-10-3-2-4-11-23/h5-9,12-13,18H,2-4,10-11,14-15H2,1H3,(H2,21,22,24). The lowest BCUT2D eigenvalue weighted by Crippen LogP contribution is -2.41. The van der Waals surface area contributed by atoms with E-state index in [1.54, 1.807) is 13.4 Å². The van der Waals surface area contributed by atoms with Crippen LogP contribution < -0.4 is 10.6 Å². The quantitative estimate of drug-likeness (QED) is 0.791. The molecule has 1 aromatic carbocycles. The monoisotopic (exact) mass is 357 g/mol. The van der Waals surface area contributed by atoms with Gasteiger partial charge in [-0.2, -0.15) is 0 Å². The summed E-state index contributed by atoms with van der Waals surface area (Å²) in [6.45, 7) is 3.10. The third kappa shape index (κ3) is 5.09. The van der Waals surface area contributed by atoms with Crippen molar-refractivity contribution in [3.05, 3.63) is 54.0 Å². The average Bonchev–Trinajstić information content (AvgIpc) is 3.18. The summed E-state index contributed by atoms with van der Waals surface area (Å²) in [6, 6.07) is 11.4. The van der Waals surface area contributed by atoms with E-state index in [-0.39, 0.29) is 12.1 Å². The summed E-state index contributed by atoms with van der Waals surface area (Å²) in [6.07, 6.45) is 5.34. The summed E-state index contributed by atoms with van der Waals surface area (Å²) in [5.74, 6) is 0.897. The molecule has 1 aliphatic heterocycles. The van der Waals surface area contributed by atoms with Crippen LogP contribution in [-0.4, -0.2) is 37.7 Å². The largest absolute Gasteiger partial charge is 0.468 e. The van der Waals surface area contributed by atoms with Crippen molar-refractivity contribution in [2.24, 2.45) is 0 Å². The number of ether oxygens (including phenoxy) is 1. The van der Waals surface area contributed by atoms with Crippen molar-refractivity contribution in [3.8, 4) is 0 Å².